The van der Waals surface area contributed by atoms with Crippen molar-refractivity contribution in [2.45, 2.75) is 64.6 Å². The summed E-state index contributed by atoms with van der Waals surface area (Å²) < 4.78 is 0. The van der Waals surface area contributed by atoms with E-state index < -0.39 is 0 Å². The molecule has 1 amide bonds. The van der Waals surface area contributed by atoms with Crippen LogP contribution in [0.3, 0.4) is 0 Å². The van der Waals surface area contributed by atoms with E-state index in [0.29, 0.717) is 12.0 Å². The molecular formula is C14H28N2O2. The fraction of sp³-hybridized carbons (Fsp3) is 0.929. The Morgan fingerprint density at radius 1 is 1.39 bits per heavy atom. The average molecular weight is 256 g/mol. The van der Waals surface area contributed by atoms with E-state index >= 15 is 0 Å². The van der Waals surface area contributed by atoms with Crippen LogP contribution in [0.15, 0.2) is 0 Å². The lowest BCUT2D eigenvalue weighted by Gasteiger charge is -2.36. The number of rotatable bonds is 7. The van der Waals surface area contributed by atoms with Crippen LogP contribution < -0.4 is 5.32 Å². The van der Waals surface area contributed by atoms with Crippen LogP contribution in [0.2, 0.25) is 0 Å². The molecule has 0 aromatic carbocycles. The fourth-order valence-corrected chi connectivity index (χ4v) is 2.43. The van der Waals surface area contributed by atoms with E-state index in [1.165, 1.54) is 0 Å². The van der Waals surface area contributed by atoms with Gasteiger partial charge in [0.25, 0.3) is 0 Å². The third-order valence-electron chi connectivity index (χ3n) is 4.13. The molecule has 1 rings (SSSR count). The Morgan fingerprint density at radius 3 is 2.39 bits per heavy atom. The zero-order chi connectivity index (χ0) is 13.7. The molecule has 2 N–H and O–H groups in total. The van der Waals surface area contributed by atoms with Gasteiger partial charge in [-0.25, -0.2) is 0 Å². The lowest BCUT2D eigenvalue weighted by molar-refractivity contribution is -0.126. The zero-order valence-electron chi connectivity index (χ0n) is 12.1. The summed E-state index contributed by atoms with van der Waals surface area (Å²) in [5.74, 6) is 0.666. The van der Waals surface area contributed by atoms with Crippen molar-refractivity contribution in [3.05, 3.63) is 0 Å². The second-order valence-corrected chi connectivity index (χ2v) is 5.63. The Kier molecular flexibility index (Phi) is 6.09. The molecule has 1 saturated carbocycles. The summed E-state index contributed by atoms with van der Waals surface area (Å²) in [6.45, 7) is 7.04. The van der Waals surface area contributed by atoms with Crippen LogP contribution in [-0.4, -0.2) is 47.7 Å². The minimum Gasteiger partial charge on any atom is -0.393 e. The maximum Gasteiger partial charge on any atom is 0.237 e. The second-order valence-electron chi connectivity index (χ2n) is 5.63. The Labute approximate surface area is 111 Å². The number of nitrogens with one attached hydrogen (secondary N) is 1. The molecule has 0 aromatic rings. The summed E-state index contributed by atoms with van der Waals surface area (Å²) in [5, 5.41) is 12.3. The highest BCUT2D eigenvalue weighted by Crippen LogP contribution is 2.27. The molecule has 106 valence electrons. The lowest BCUT2D eigenvalue weighted by Crippen LogP contribution is -2.49. The summed E-state index contributed by atoms with van der Waals surface area (Å²) in [7, 11) is 1.99. The molecule has 0 radical (unpaired) electrons. The quantitative estimate of drug-likeness (QED) is 0.723. The largest absolute Gasteiger partial charge is 0.393 e. The molecule has 0 aromatic heterocycles. The topological polar surface area (TPSA) is 52.6 Å². The number of hydrogen-bond acceptors (Lipinski definition) is 3. The minimum atomic E-state index is -0.114. The fourth-order valence-electron chi connectivity index (χ4n) is 2.43. The van der Waals surface area contributed by atoms with Gasteiger partial charge in [0.2, 0.25) is 5.91 Å². The molecule has 0 bridgehead atoms. The molecule has 0 aliphatic heterocycles. The number of aliphatic hydroxyl groups is 1. The number of carbonyl (C=O) groups excluding carboxylic acids is 1. The zero-order valence-corrected chi connectivity index (χ0v) is 12.1. The number of hydrogen-bond donors (Lipinski definition) is 2. The predicted molar refractivity (Wildman–Crippen MR) is 73.3 cm³/mol. The number of amides is 1. The van der Waals surface area contributed by atoms with Crippen molar-refractivity contribution in [3.8, 4) is 0 Å². The summed E-state index contributed by atoms with van der Waals surface area (Å²) in [4.78, 5) is 14.2. The standard InChI is InChI=1S/C14H28N2O2/c1-5-12(6-2)15-14(18)10(3)16(4)9-11-7-13(17)8-11/h10-13,17H,5-9H2,1-4H3,(H,15,18). The van der Waals surface area contributed by atoms with Gasteiger partial charge in [-0.3, -0.25) is 9.69 Å². The average Bonchev–Trinajstić information content (AvgIpc) is 2.32. The molecule has 1 aliphatic carbocycles. The van der Waals surface area contributed by atoms with E-state index in [1.807, 2.05) is 14.0 Å². The van der Waals surface area contributed by atoms with Crippen LogP contribution in [0, 0.1) is 5.92 Å². The summed E-state index contributed by atoms with van der Waals surface area (Å²) in [5.41, 5.74) is 0. The molecule has 18 heavy (non-hydrogen) atoms. The van der Waals surface area contributed by atoms with E-state index in [-0.39, 0.29) is 18.1 Å². The van der Waals surface area contributed by atoms with Gasteiger partial charge in [0.1, 0.15) is 0 Å². The molecule has 0 saturated heterocycles. The number of nitrogens with zero attached hydrogens (tertiary/aromatic N) is 1. The normalized spacial score (nSPS) is 25.1. The van der Waals surface area contributed by atoms with Crippen LogP contribution in [-0.2, 0) is 4.79 Å². The van der Waals surface area contributed by atoms with Gasteiger partial charge in [0.05, 0.1) is 12.1 Å². The van der Waals surface area contributed by atoms with Crippen molar-refractivity contribution in [1.82, 2.24) is 10.2 Å². The van der Waals surface area contributed by atoms with Gasteiger partial charge < -0.3 is 10.4 Å². The third-order valence-corrected chi connectivity index (χ3v) is 4.13. The first-order valence-electron chi connectivity index (χ1n) is 7.16. The summed E-state index contributed by atoms with van der Waals surface area (Å²) in [6, 6.07) is 0.196. The van der Waals surface area contributed by atoms with Crippen LogP contribution in [0.5, 0.6) is 0 Å². The van der Waals surface area contributed by atoms with Crippen molar-refractivity contribution in [2.24, 2.45) is 5.92 Å². The molecule has 1 atom stereocenters. The van der Waals surface area contributed by atoms with Crippen molar-refractivity contribution in [2.75, 3.05) is 13.6 Å². The molecule has 1 aliphatic rings. The van der Waals surface area contributed by atoms with E-state index in [1.54, 1.807) is 0 Å². The minimum absolute atomic E-state index is 0.0941. The monoisotopic (exact) mass is 256 g/mol. The first-order valence-corrected chi connectivity index (χ1v) is 7.16. The second kappa shape index (κ2) is 7.10. The number of carbonyl (C=O) groups is 1. The number of aliphatic hydroxyl groups excluding tert-OH is 1. The Balaban J connectivity index is 2.32. The molecule has 1 fully saturated rings. The van der Waals surface area contributed by atoms with E-state index in [2.05, 4.69) is 24.1 Å². The highest BCUT2D eigenvalue weighted by molar-refractivity contribution is 5.81. The molecule has 4 nitrogen and oxygen atoms in total. The lowest BCUT2D eigenvalue weighted by atomic mass is 9.82. The Bertz CT molecular complexity index is 261. The maximum absolute atomic E-state index is 12.1. The smallest absolute Gasteiger partial charge is 0.237 e. The first kappa shape index (κ1) is 15.4. The van der Waals surface area contributed by atoms with Gasteiger partial charge in [-0.1, -0.05) is 13.8 Å². The van der Waals surface area contributed by atoms with Gasteiger partial charge in [0.15, 0.2) is 0 Å². The highest BCUT2D eigenvalue weighted by atomic mass is 16.3. The van der Waals surface area contributed by atoms with E-state index in [0.717, 1.165) is 32.2 Å². The van der Waals surface area contributed by atoms with Crippen molar-refractivity contribution >= 4 is 5.91 Å². The van der Waals surface area contributed by atoms with Gasteiger partial charge in [0, 0.05) is 12.6 Å². The molecule has 1 unspecified atom stereocenters. The van der Waals surface area contributed by atoms with Crippen LogP contribution in [0.25, 0.3) is 0 Å². The summed E-state index contributed by atoms with van der Waals surface area (Å²) in [6.07, 6.45) is 3.61. The Hall–Kier alpha value is -0.610. The molecule has 4 heteroatoms. The van der Waals surface area contributed by atoms with Crippen molar-refractivity contribution < 1.29 is 9.90 Å². The molecule has 0 spiro atoms. The van der Waals surface area contributed by atoms with Crippen molar-refractivity contribution in [1.29, 1.82) is 0 Å². The molecular weight excluding hydrogens is 228 g/mol. The number of likely N-dealkylation sites (N-methyl/N-ethyl adjacent to an activating group) is 1. The molecule has 0 heterocycles. The van der Waals surface area contributed by atoms with Crippen molar-refractivity contribution in [3.63, 3.8) is 0 Å². The van der Waals surface area contributed by atoms with Crippen LogP contribution in [0.1, 0.15) is 46.5 Å². The first-order chi connectivity index (χ1) is 8.47. The van der Waals surface area contributed by atoms with Crippen LogP contribution >= 0.6 is 0 Å². The maximum atomic E-state index is 12.1. The SMILES string of the molecule is CCC(CC)NC(=O)C(C)N(C)CC1CC(O)C1. The van der Waals surface area contributed by atoms with E-state index in [9.17, 15) is 9.90 Å². The van der Waals surface area contributed by atoms with E-state index in [4.69, 9.17) is 0 Å². The Morgan fingerprint density at radius 2 is 1.94 bits per heavy atom. The summed E-state index contributed by atoms with van der Waals surface area (Å²) >= 11 is 0. The predicted octanol–water partition coefficient (Wildman–Crippen LogP) is 1.38. The van der Waals surface area contributed by atoms with Crippen LogP contribution in [0.4, 0.5) is 0 Å². The van der Waals surface area contributed by atoms with Gasteiger partial charge >= 0.3 is 0 Å². The highest BCUT2D eigenvalue weighted by Gasteiger charge is 2.30. The third kappa shape index (κ3) is 4.25. The van der Waals surface area contributed by atoms with Gasteiger partial charge in [-0.15, -0.1) is 0 Å². The van der Waals surface area contributed by atoms with Gasteiger partial charge in [-0.2, -0.15) is 0 Å². The van der Waals surface area contributed by atoms with Gasteiger partial charge in [-0.05, 0) is 45.6 Å².